The Hall–Kier alpha value is -0.380. The second-order valence-corrected chi connectivity index (χ2v) is 4.18. The number of rotatable bonds is 5. The Balaban J connectivity index is 2.64. The molecule has 0 saturated heterocycles. The van der Waals surface area contributed by atoms with E-state index in [4.69, 9.17) is 10.5 Å². The van der Waals surface area contributed by atoms with Crippen molar-refractivity contribution in [2.24, 2.45) is 5.73 Å². The number of halogens is 1. The third kappa shape index (κ3) is 3.40. The molecule has 0 radical (unpaired) electrons. The molecule has 0 aromatic heterocycles. The second-order valence-electron chi connectivity index (χ2n) is 3.27. The fraction of sp³-hybridized carbons (Fsp3) is 0.455. The van der Waals surface area contributed by atoms with Gasteiger partial charge in [0.15, 0.2) is 0 Å². The summed E-state index contributed by atoms with van der Waals surface area (Å²) in [6.45, 7) is 1.43. The summed E-state index contributed by atoms with van der Waals surface area (Å²) < 4.78 is 6.16. The number of nitrogens with two attached hydrogens (primary N) is 1. The van der Waals surface area contributed by atoms with Crippen LogP contribution in [0.5, 0.6) is 0 Å². The predicted molar refractivity (Wildman–Crippen MR) is 62.4 cm³/mol. The van der Waals surface area contributed by atoms with Gasteiger partial charge in [0, 0.05) is 18.2 Å². The van der Waals surface area contributed by atoms with Crippen molar-refractivity contribution < 1.29 is 4.74 Å². The highest BCUT2D eigenvalue weighted by Gasteiger charge is 2.08. The number of hydrogen-bond donors (Lipinski definition) is 1. The number of hydrogen-bond acceptors (Lipinski definition) is 2. The zero-order chi connectivity index (χ0) is 10.4. The Morgan fingerprint density at radius 1 is 1.36 bits per heavy atom. The molecule has 0 aliphatic heterocycles. The molecule has 1 unspecified atom stereocenters. The normalized spacial score (nSPS) is 12.8. The second kappa shape index (κ2) is 6.17. The van der Waals surface area contributed by atoms with Crippen LogP contribution in [0.2, 0.25) is 0 Å². The van der Waals surface area contributed by atoms with E-state index in [0.29, 0.717) is 12.5 Å². The largest absolute Gasteiger partial charge is 0.385 e. The van der Waals surface area contributed by atoms with E-state index in [-0.39, 0.29) is 0 Å². The summed E-state index contributed by atoms with van der Waals surface area (Å²) in [6.07, 6.45) is 0.981. The van der Waals surface area contributed by atoms with Crippen LogP contribution < -0.4 is 5.73 Å². The molecule has 0 bridgehead atoms. The van der Waals surface area contributed by atoms with Crippen LogP contribution >= 0.6 is 15.9 Å². The van der Waals surface area contributed by atoms with Gasteiger partial charge in [0.05, 0.1) is 0 Å². The van der Waals surface area contributed by atoms with E-state index in [1.165, 1.54) is 5.56 Å². The van der Waals surface area contributed by atoms with E-state index in [1.807, 2.05) is 12.1 Å². The maximum absolute atomic E-state index is 5.72. The van der Waals surface area contributed by atoms with Gasteiger partial charge in [0.25, 0.3) is 0 Å². The van der Waals surface area contributed by atoms with Gasteiger partial charge in [-0.2, -0.15) is 0 Å². The first kappa shape index (κ1) is 11.7. The van der Waals surface area contributed by atoms with E-state index in [1.54, 1.807) is 7.11 Å². The molecule has 0 aliphatic rings. The molecule has 2 N–H and O–H groups in total. The molecule has 0 heterocycles. The van der Waals surface area contributed by atoms with Crippen molar-refractivity contribution >= 4 is 15.9 Å². The summed E-state index contributed by atoms with van der Waals surface area (Å²) in [5, 5.41) is 0. The Morgan fingerprint density at radius 2 is 2.00 bits per heavy atom. The summed E-state index contributed by atoms with van der Waals surface area (Å²) in [5.74, 6) is 0.406. The minimum atomic E-state index is 0.406. The van der Waals surface area contributed by atoms with Gasteiger partial charge in [-0.1, -0.05) is 28.1 Å². The lowest BCUT2D eigenvalue weighted by Crippen LogP contribution is -2.14. The van der Waals surface area contributed by atoms with Crippen molar-refractivity contribution in [1.82, 2.24) is 0 Å². The summed E-state index contributed by atoms with van der Waals surface area (Å²) in [6, 6.07) is 8.31. The lowest BCUT2D eigenvalue weighted by atomic mass is 9.96. The van der Waals surface area contributed by atoms with Gasteiger partial charge in [-0.15, -0.1) is 0 Å². The summed E-state index contributed by atoms with van der Waals surface area (Å²) in [4.78, 5) is 0. The van der Waals surface area contributed by atoms with Crippen LogP contribution in [0, 0.1) is 0 Å². The standard InChI is InChI=1S/C11H16BrNO/c1-14-7-6-10(8-13)9-2-4-11(12)5-3-9/h2-5,10H,6-8,13H2,1H3. The van der Waals surface area contributed by atoms with E-state index < -0.39 is 0 Å². The van der Waals surface area contributed by atoms with Crippen molar-refractivity contribution in [3.63, 3.8) is 0 Å². The first-order valence-corrected chi connectivity index (χ1v) is 5.51. The topological polar surface area (TPSA) is 35.2 Å². The monoisotopic (exact) mass is 257 g/mol. The highest BCUT2D eigenvalue weighted by Crippen LogP contribution is 2.20. The summed E-state index contributed by atoms with van der Waals surface area (Å²) in [7, 11) is 1.72. The maximum Gasteiger partial charge on any atom is 0.0468 e. The third-order valence-electron chi connectivity index (χ3n) is 2.30. The zero-order valence-corrected chi connectivity index (χ0v) is 9.96. The first-order valence-electron chi connectivity index (χ1n) is 4.72. The van der Waals surface area contributed by atoms with Crippen LogP contribution in [-0.2, 0) is 4.74 Å². The Morgan fingerprint density at radius 3 is 2.50 bits per heavy atom. The minimum absolute atomic E-state index is 0.406. The number of benzene rings is 1. The van der Waals surface area contributed by atoms with Gasteiger partial charge in [-0.25, -0.2) is 0 Å². The molecule has 1 aromatic carbocycles. The van der Waals surface area contributed by atoms with Gasteiger partial charge in [-0.05, 0) is 36.6 Å². The summed E-state index contributed by atoms with van der Waals surface area (Å²) in [5.41, 5.74) is 7.00. The van der Waals surface area contributed by atoms with Crippen molar-refractivity contribution in [3.05, 3.63) is 34.3 Å². The Kier molecular flexibility index (Phi) is 5.15. The Bertz CT molecular complexity index is 260. The van der Waals surface area contributed by atoms with Crippen LogP contribution in [0.15, 0.2) is 28.7 Å². The highest BCUT2D eigenvalue weighted by molar-refractivity contribution is 9.10. The SMILES string of the molecule is COCCC(CN)c1ccc(Br)cc1. The third-order valence-corrected chi connectivity index (χ3v) is 2.83. The van der Waals surface area contributed by atoms with E-state index in [9.17, 15) is 0 Å². The van der Waals surface area contributed by atoms with Gasteiger partial charge in [0.2, 0.25) is 0 Å². The smallest absolute Gasteiger partial charge is 0.0468 e. The number of ether oxygens (including phenoxy) is 1. The minimum Gasteiger partial charge on any atom is -0.385 e. The molecule has 78 valence electrons. The molecule has 14 heavy (non-hydrogen) atoms. The van der Waals surface area contributed by atoms with Crippen LogP contribution in [-0.4, -0.2) is 20.3 Å². The van der Waals surface area contributed by atoms with Crippen LogP contribution in [0.1, 0.15) is 17.9 Å². The van der Waals surface area contributed by atoms with Gasteiger partial charge in [-0.3, -0.25) is 0 Å². The molecule has 1 aromatic rings. The molecule has 1 atom stereocenters. The average molecular weight is 258 g/mol. The maximum atomic E-state index is 5.72. The lowest BCUT2D eigenvalue weighted by molar-refractivity contribution is 0.188. The number of methoxy groups -OCH3 is 1. The molecular weight excluding hydrogens is 242 g/mol. The highest BCUT2D eigenvalue weighted by atomic mass is 79.9. The van der Waals surface area contributed by atoms with Gasteiger partial charge in [0.1, 0.15) is 0 Å². The Labute approximate surface area is 93.6 Å². The van der Waals surface area contributed by atoms with Crippen molar-refractivity contribution in [2.45, 2.75) is 12.3 Å². The zero-order valence-electron chi connectivity index (χ0n) is 8.37. The van der Waals surface area contributed by atoms with E-state index >= 15 is 0 Å². The van der Waals surface area contributed by atoms with E-state index in [2.05, 4.69) is 28.1 Å². The molecule has 1 rings (SSSR count). The van der Waals surface area contributed by atoms with Crippen molar-refractivity contribution in [2.75, 3.05) is 20.3 Å². The van der Waals surface area contributed by atoms with Crippen molar-refractivity contribution in [1.29, 1.82) is 0 Å². The van der Waals surface area contributed by atoms with Gasteiger partial charge >= 0.3 is 0 Å². The van der Waals surface area contributed by atoms with Crippen molar-refractivity contribution in [3.8, 4) is 0 Å². The van der Waals surface area contributed by atoms with Crippen LogP contribution in [0.25, 0.3) is 0 Å². The molecule has 0 aliphatic carbocycles. The lowest BCUT2D eigenvalue weighted by Gasteiger charge is -2.14. The fourth-order valence-corrected chi connectivity index (χ4v) is 1.68. The molecule has 0 saturated carbocycles. The summed E-state index contributed by atoms with van der Waals surface area (Å²) >= 11 is 3.41. The van der Waals surface area contributed by atoms with Gasteiger partial charge < -0.3 is 10.5 Å². The average Bonchev–Trinajstić information content (AvgIpc) is 2.21. The molecular formula is C11H16BrNO. The van der Waals surface area contributed by atoms with Crippen LogP contribution in [0.3, 0.4) is 0 Å². The molecule has 0 spiro atoms. The molecule has 0 fully saturated rings. The fourth-order valence-electron chi connectivity index (χ4n) is 1.42. The van der Waals surface area contributed by atoms with Crippen LogP contribution in [0.4, 0.5) is 0 Å². The predicted octanol–water partition coefficient (Wildman–Crippen LogP) is 2.53. The molecule has 2 nitrogen and oxygen atoms in total. The quantitative estimate of drug-likeness (QED) is 0.880. The molecule has 0 amide bonds. The molecule has 3 heteroatoms. The first-order chi connectivity index (χ1) is 6.77. The van der Waals surface area contributed by atoms with E-state index in [0.717, 1.165) is 17.5 Å².